The molecule has 3 saturated heterocycles. The number of ether oxygens (including phenoxy) is 6. The van der Waals surface area contributed by atoms with Crippen molar-refractivity contribution in [3.63, 3.8) is 0 Å². The molecule has 12 N–H and O–H groups in total. The van der Waals surface area contributed by atoms with Gasteiger partial charge >= 0.3 is 0 Å². The predicted molar refractivity (Wildman–Crippen MR) is 290 cm³/mol. The lowest BCUT2D eigenvalue weighted by atomic mass is 9.96. The monoisotopic (exact) mass is 1090 g/mol. The number of amides is 1. The second-order valence-corrected chi connectivity index (χ2v) is 19.3. The summed E-state index contributed by atoms with van der Waals surface area (Å²) in [6.07, 6.45) is 24.0. The summed E-state index contributed by atoms with van der Waals surface area (Å²) in [7, 11) is 0. The van der Waals surface area contributed by atoms with Gasteiger partial charge in [-0.3, -0.25) is 4.79 Å². The van der Waals surface area contributed by atoms with Crippen LogP contribution in [0.4, 0.5) is 0 Å². The number of hydrogen-bond donors (Lipinski definition) is 12. The Bertz CT molecular complexity index is 1830. The molecule has 0 aromatic heterocycles. The van der Waals surface area contributed by atoms with Crippen molar-refractivity contribution >= 4 is 5.91 Å². The molecule has 17 unspecified atom stereocenters. The number of allylic oxidation sites excluding steroid dienone is 17. The normalized spacial score (nSPS) is 31.6. The first kappa shape index (κ1) is 67.7. The Morgan fingerprint density at radius 3 is 1.44 bits per heavy atom. The van der Waals surface area contributed by atoms with Crippen LogP contribution >= 0.6 is 0 Å². The van der Waals surface area contributed by atoms with E-state index in [0.29, 0.717) is 12.8 Å². The van der Waals surface area contributed by atoms with Crippen molar-refractivity contribution in [2.45, 2.75) is 221 Å². The van der Waals surface area contributed by atoms with E-state index in [9.17, 15) is 61.0 Å². The Kier molecular flexibility index (Phi) is 35.7. The lowest BCUT2D eigenvalue weighted by molar-refractivity contribution is -0.379. The first-order valence-electron chi connectivity index (χ1n) is 27.6. The van der Waals surface area contributed by atoms with Gasteiger partial charge in [-0.25, -0.2) is 0 Å². The highest BCUT2D eigenvalue weighted by atomic mass is 16.8. The topological polar surface area (TPSA) is 307 Å². The summed E-state index contributed by atoms with van der Waals surface area (Å²) in [4.78, 5) is 13.2. The summed E-state index contributed by atoms with van der Waals surface area (Å²) in [6.45, 7) is 1.26. The second kappa shape index (κ2) is 40.6. The highest BCUT2D eigenvalue weighted by Crippen LogP contribution is 2.33. The molecule has 77 heavy (non-hydrogen) atoms. The fraction of sp³-hybridized carbons (Fsp3) is 0.672. The minimum atomic E-state index is -1.99. The number of aliphatic hydroxyl groups is 11. The standard InChI is InChI=1S/C58H93NO18/c1-3-5-7-9-11-13-14-15-16-17-18-19-20-21-22-23-24-25-26-28-30-32-34-36-46(64)59-41(42(63)35-33-31-29-27-12-10-8-6-4-2)40-72-56-52(70)49(67)54(44(38-61)74-56)77-58-53(71)50(68)55(45(39-62)75-58)76-57-51(69)48(66)47(65)43(37-60)73-57/h4-7,11-13,15-16,18-19,21-22,24-25,27,33,35,41-45,47-58,60-63,65-71H,3,8-10,14,17,20,23,26,28-32,34,36-40H2,1-2H3,(H,59,64)/b6-4+,7-5-,13-11-,16-15-,19-18-,22-21-,25-24-,27-12+,35-33+. The quantitative estimate of drug-likeness (QED) is 0.0313. The van der Waals surface area contributed by atoms with Gasteiger partial charge in [0.15, 0.2) is 18.9 Å². The van der Waals surface area contributed by atoms with Crippen LogP contribution in [0.2, 0.25) is 0 Å². The van der Waals surface area contributed by atoms with Crippen LogP contribution in [0.15, 0.2) is 109 Å². The molecule has 1 amide bonds. The maximum Gasteiger partial charge on any atom is 0.220 e. The molecule has 3 aliphatic heterocycles. The first-order valence-corrected chi connectivity index (χ1v) is 27.6. The lowest BCUT2D eigenvalue weighted by Gasteiger charge is -2.48. The van der Waals surface area contributed by atoms with Crippen molar-refractivity contribution in [2.24, 2.45) is 0 Å². The third-order valence-electron chi connectivity index (χ3n) is 13.1. The molecule has 3 aliphatic rings. The maximum absolute atomic E-state index is 13.2. The third kappa shape index (κ3) is 25.2. The van der Waals surface area contributed by atoms with Crippen molar-refractivity contribution in [1.82, 2.24) is 5.32 Å². The van der Waals surface area contributed by atoms with E-state index in [-0.39, 0.29) is 12.3 Å². The second-order valence-electron chi connectivity index (χ2n) is 19.3. The summed E-state index contributed by atoms with van der Waals surface area (Å²) in [5.74, 6) is -0.325. The minimum absolute atomic E-state index is 0.194. The fourth-order valence-electron chi connectivity index (χ4n) is 8.58. The van der Waals surface area contributed by atoms with E-state index in [0.717, 1.165) is 83.5 Å². The molecule has 3 rings (SSSR count). The van der Waals surface area contributed by atoms with Gasteiger partial charge in [-0.2, -0.15) is 0 Å². The van der Waals surface area contributed by atoms with E-state index in [1.54, 1.807) is 12.2 Å². The molecule has 3 heterocycles. The Morgan fingerprint density at radius 1 is 0.494 bits per heavy atom. The van der Waals surface area contributed by atoms with Crippen molar-refractivity contribution < 1.29 is 89.4 Å². The van der Waals surface area contributed by atoms with E-state index in [1.165, 1.54) is 0 Å². The van der Waals surface area contributed by atoms with E-state index in [2.05, 4.69) is 103 Å². The van der Waals surface area contributed by atoms with Crippen LogP contribution in [-0.4, -0.2) is 193 Å². The van der Waals surface area contributed by atoms with E-state index < -0.39 is 131 Å². The Morgan fingerprint density at radius 2 is 0.922 bits per heavy atom. The molecular weight excluding hydrogens is 999 g/mol. The average Bonchev–Trinajstić information content (AvgIpc) is 3.43. The lowest BCUT2D eigenvalue weighted by Crippen LogP contribution is -2.66. The number of nitrogens with one attached hydrogen (secondary N) is 1. The largest absolute Gasteiger partial charge is 0.394 e. The maximum atomic E-state index is 13.2. The summed E-state index contributed by atoms with van der Waals surface area (Å²) in [5.41, 5.74) is 0. The molecular formula is C58H93NO18. The summed E-state index contributed by atoms with van der Waals surface area (Å²) < 4.78 is 34.1. The Balaban J connectivity index is 1.49. The van der Waals surface area contributed by atoms with Crippen LogP contribution in [0.1, 0.15) is 117 Å². The Hall–Kier alpha value is -3.55. The highest BCUT2D eigenvalue weighted by Gasteiger charge is 2.53. The average molecular weight is 1090 g/mol. The van der Waals surface area contributed by atoms with E-state index >= 15 is 0 Å². The first-order chi connectivity index (χ1) is 37.3. The van der Waals surface area contributed by atoms with E-state index in [1.807, 2.05) is 13.0 Å². The van der Waals surface area contributed by atoms with Crippen molar-refractivity contribution in [2.75, 3.05) is 26.4 Å². The number of carbonyl (C=O) groups is 1. The van der Waals surface area contributed by atoms with Gasteiger partial charge in [0.2, 0.25) is 5.91 Å². The third-order valence-corrected chi connectivity index (χ3v) is 13.1. The van der Waals surface area contributed by atoms with E-state index in [4.69, 9.17) is 28.4 Å². The minimum Gasteiger partial charge on any atom is -0.394 e. The van der Waals surface area contributed by atoms with Gasteiger partial charge in [0.1, 0.15) is 73.2 Å². The number of carbonyl (C=O) groups excluding carboxylic acids is 1. The molecule has 3 fully saturated rings. The van der Waals surface area contributed by atoms with Crippen LogP contribution in [0.3, 0.4) is 0 Å². The van der Waals surface area contributed by atoms with Gasteiger partial charge in [0, 0.05) is 6.42 Å². The number of hydrogen-bond acceptors (Lipinski definition) is 18. The summed E-state index contributed by atoms with van der Waals surface area (Å²) in [6, 6.07) is -1.02. The molecule has 19 heteroatoms. The molecule has 0 bridgehead atoms. The van der Waals surface area contributed by atoms with Gasteiger partial charge in [-0.15, -0.1) is 0 Å². The zero-order valence-corrected chi connectivity index (χ0v) is 45.1. The summed E-state index contributed by atoms with van der Waals surface area (Å²) in [5, 5.41) is 120. The smallest absolute Gasteiger partial charge is 0.220 e. The fourth-order valence-corrected chi connectivity index (χ4v) is 8.58. The van der Waals surface area contributed by atoms with Crippen molar-refractivity contribution in [3.05, 3.63) is 109 Å². The van der Waals surface area contributed by atoms with Crippen LogP contribution in [0.5, 0.6) is 0 Å². The molecule has 0 saturated carbocycles. The Labute approximate surface area is 455 Å². The molecule has 17 atom stereocenters. The highest BCUT2D eigenvalue weighted by molar-refractivity contribution is 5.76. The van der Waals surface area contributed by atoms with Crippen LogP contribution in [-0.2, 0) is 33.2 Å². The SMILES string of the molecule is C/C=C/CC/C=C/CC/C=C/C(O)C(COC1OC(CO)C(OC2OC(CO)C(OC3OC(CO)C(O)C(O)C3O)C(O)C2O)C(O)C1O)NC(=O)CCCCCC/C=C\C/C=C\C/C=C\C/C=C\C/C=C\C/C=C\CC. The number of unbranched alkanes of at least 4 members (excludes halogenated alkanes) is 6. The molecule has 0 aromatic carbocycles. The van der Waals surface area contributed by atoms with Gasteiger partial charge in [0.25, 0.3) is 0 Å². The number of rotatable bonds is 37. The van der Waals surface area contributed by atoms with Crippen LogP contribution in [0, 0.1) is 0 Å². The van der Waals surface area contributed by atoms with Crippen LogP contribution in [0.25, 0.3) is 0 Å². The molecule has 438 valence electrons. The zero-order chi connectivity index (χ0) is 56.2. The van der Waals surface area contributed by atoms with Crippen molar-refractivity contribution in [3.8, 4) is 0 Å². The molecule has 0 aliphatic carbocycles. The van der Waals surface area contributed by atoms with Gasteiger partial charge in [0.05, 0.1) is 38.6 Å². The van der Waals surface area contributed by atoms with Crippen molar-refractivity contribution in [1.29, 1.82) is 0 Å². The van der Waals surface area contributed by atoms with Crippen LogP contribution < -0.4 is 5.32 Å². The molecule has 0 aromatic rings. The van der Waals surface area contributed by atoms with Gasteiger partial charge in [-0.1, -0.05) is 129 Å². The van der Waals surface area contributed by atoms with Gasteiger partial charge < -0.3 is 89.9 Å². The number of aliphatic hydroxyl groups excluding tert-OH is 11. The molecule has 0 radical (unpaired) electrons. The summed E-state index contributed by atoms with van der Waals surface area (Å²) >= 11 is 0. The molecule has 19 nitrogen and oxygen atoms in total. The van der Waals surface area contributed by atoms with Gasteiger partial charge in [-0.05, 0) is 90.4 Å². The predicted octanol–water partition coefficient (Wildman–Crippen LogP) is 3.58. The molecule has 0 spiro atoms. The zero-order valence-electron chi connectivity index (χ0n) is 45.1.